The molecule has 0 radical (unpaired) electrons. The van der Waals surface area contributed by atoms with Crippen LogP contribution < -0.4 is 4.74 Å². The van der Waals surface area contributed by atoms with E-state index in [1.54, 1.807) is 20.1 Å². The second-order valence-corrected chi connectivity index (χ2v) is 4.15. The predicted octanol–water partition coefficient (Wildman–Crippen LogP) is 3.88. The van der Waals surface area contributed by atoms with Gasteiger partial charge in [0.25, 0.3) is 0 Å². The summed E-state index contributed by atoms with van der Waals surface area (Å²) in [7, 11) is 1.62. The van der Waals surface area contributed by atoms with Gasteiger partial charge in [-0.05, 0) is 17.0 Å². The molecule has 0 aromatic heterocycles. The van der Waals surface area contributed by atoms with Crippen molar-refractivity contribution in [1.29, 1.82) is 0 Å². The molecule has 0 N–H and O–H groups in total. The molecule has 0 aliphatic heterocycles. The minimum Gasteiger partial charge on any atom is -0.496 e. The van der Waals surface area contributed by atoms with Crippen molar-refractivity contribution < 1.29 is 9.66 Å². The van der Waals surface area contributed by atoms with Crippen molar-refractivity contribution >= 4 is 16.8 Å². The Labute approximate surface area is 111 Å². The third kappa shape index (κ3) is 2.57. The van der Waals surface area contributed by atoms with Gasteiger partial charge in [0.2, 0.25) is 5.70 Å². The lowest BCUT2D eigenvalue weighted by atomic mass is 10.0. The number of allylic oxidation sites excluding steroid dienone is 1. The maximum absolute atomic E-state index is 10.9. The van der Waals surface area contributed by atoms with Crippen LogP contribution in [0, 0.1) is 10.1 Å². The normalized spacial score (nSPS) is 11.6. The van der Waals surface area contributed by atoms with E-state index in [4.69, 9.17) is 4.74 Å². The number of methoxy groups -OCH3 is 1. The van der Waals surface area contributed by atoms with E-state index in [-0.39, 0.29) is 10.6 Å². The molecule has 0 bridgehead atoms. The average molecular weight is 257 g/mol. The molecule has 0 fully saturated rings. The molecule has 0 aliphatic rings. The van der Waals surface area contributed by atoms with Crippen molar-refractivity contribution in [1.82, 2.24) is 0 Å². The molecule has 4 heteroatoms. The number of rotatable bonds is 4. The standard InChI is InChI=1S/C15H15NO3/c1-3-12(16(17)18)10-11-8-9-15(19-2)14-7-5-4-6-13(11)14/h4-10H,3H2,1-2H3. The maximum Gasteiger partial charge on any atom is 0.246 e. The van der Waals surface area contributed by atoms with Crippen LogP contribution in [-0.2, 0) is 0 Å². The SMILES string of the molecule is CCC(=Cc1ccc(OC)c2ccccc12)[N+](=O)[O-]. The Morgan fingerprint density at radius 3 is 2.53 bits per heavy atom. The largest absolute Gasteiger partial charge is 0.496 e. The lowest BCUT2D eigenvalue weighted by Crippen LogP contribution is -1.97. The molecular formula is C15H15NO3. The van der Waals surface area contributed by atoms with E-state index < -0.39 is 0 Å². The Morgan fingerprint density at radius 2 is 1.95 bits per heavy atom. The molecule has 0 heterocycles. The average Bonchev–Trinajstić information content (AvgIpc) is 2.44. The van der Waals surface area contributed by atoms with Gasteiger partial charge in [-0.2, -0.15) is 0 Å². The Balaban J connectivity index is 2.66. The molecule has 2 aromatic rings. The zero-order chi connectivity index (χ0) is 13.8. The maximum atomic E-state index is 10.9. The van der Waals surface area contributed by atoms with Gasteiger partial charge < -0.3 is 4.74 Å². The number of fused-ring (bicyclic) bond motifs is 1. The highest BCUT2D eigenvalue weighted by Crippen LogP contribution is 2.29. The van der Waals surface area contributed by atoms with Gasteiger partial charge in [-0.1, -0.05) is 37.3 Å². The molecule has 4 nitrogen and oxygen atoms in total. The second kappa shape index (κ2) is 5.52. The fourth-order valence-corrected chi connectivity index (χ4v) is 2.06. The van der Waals surface area contributed by atoms with Gasteiger partial charge >= 0.3 is 0 Å². The van der Waals surface area contributed by atoms with Gasteiger partial charge in [0, 0.05) is 17.9 Å². The van der Waals surface area contributed by atoms with Crippen molar-refractivity contribution in [2.45, 2.75) is 13.3 Å². The number of hydrogen-bond acceptors (Lipinski definition) is 3. The van der Waals surface area contributed by atoms with Gasteiger partial charge in [0.1, 0.15) is 5.75 Å². The molecule has 0 amide bonds. The number of ether oxygens (including phenoxy) is 1. The summed E-state index contributed by atoms with van der Waals surface area (Å²) >= 11 is 0. The number of benzene rings is 2. The molecule has 0 saturated heterocycles. The molecule has 2 aromatic carbocycles. The Kier molecular flexibility index (Phi) is 3.80. The summed E-state index contributed by atoms with van der Waals surface area (Å²) < 4.78 is 5.31. The van der Waals surface area contributed by atoms with Gasteiger partial charge in [-0.3, -0.25) is 10.1 Å². The van der Waals surface area contributed by atoms with Crippen LogP contribution >= 0.6 is 0 Å². The smallest absolute Gasteiger partial charge is 0.246 e. The van der Waals surface area contributed by atoms with E-state index in [9.17, 15) is 10.1 Å². The van der Waals surface area contributed by atoms with Crippen molar-refractivity contribution in [2.24, 2.45) is 0 Å². The van der Waals surface area contributed by atoms with Gasteiger partial charge in [0.15, 0.2) is 0 Å². The first-order valence-electron chi connectivity index (χ1n) is 6.08. The Bertz CT molecular complexity index is 647. The molecule has 0 unspecified atom stereocenters. The first-order chi connectivity index (χ1) is 9.17. The molecule has 0 aliphatic carbocycles. The Hall–Kier alpha value is -2.36. The van der Waals surface area contributed by atoms with E-state index in [0.717, 1.165) is 22.1 Å². The monoisotopic (exact) mass is 257 g/mol. The minimum absolute atomic E-state index is 0.204. The summed E-state index contributed by atoms with van der Waals surface area (Å²) in [6.45, 7) is 1.78. The highest BCUT2D eigenvalue weighted by atomic mass is 16.6. The first-order valence-corrected chi connectivity index (χ1v) is 6.08. The van der Waals surface area contributed by atoms with Gasteiger partial charge in [-0.15, -0.1) is 0 Å². The van der Waals surface area contributed by atoms with Crippen LogP contribution in [-0.4, -0.2) is 12.0 Å². The summed E-state index contributed by atoms with van der Waals surface area (Å²) in [6, 6.07) is 11.4. The summed E-state index contributed by atoms with van der Waals surface area (Å²) in [4.78, 5) is 10.6. The molecular weight excluding hydrogens is 242 g/mol. The molecule has 0 saturated carbocycles. The number of hydrogen-bond donors (Lipinski definition) is 0. The summed E-state index contributed by atoms with van der Waals surface area (Å²) in [5.74, 6) is 0.770. The topological polar surface area (TPSA) is 52.4 Å². The number of nitrogens with zero attached hydrogens (tertiary/aromatic N) is 1. The van der Waals surface area contributed by atoms with Crippen molar-refractivity contribution in [3.05, 3.63) is 57.8 Å². The summed E-state index contributed by atoms with van der Waals surface area (Å²) in [5.41, 5.74) is 1.04. The van der Waals surface area contributed by atoms with Crippen LogP contribution in [0.4, 0.5) is 0 Å². The van der Waals surface area contributed by atoms with Crippen LogP contribution in [0.15, 0.2) is 42.1 Å². The van der Waals surface area contributed by atoms with Crippen molar-refractivity contribution in [2.75, 3.05) is 7.11 Å². The molecule has 0 atom stereocenters. The van der Waals surface area contributed by atoms with Crippen LogP contribution in [0.2, 0.25) is 0 Å². The third-order valence-electron chi connectivity index (χ3n) is 3.06. The summed E-state index contributed by atoms with van der Waals surface area (Å²) in [6.07, 6.45) is 2.02. The van der Waals surface area contributed by atoms with E-state index in [1.165, 1.54) is 0 Å². The van der Waals surface area contributed by atoms with Crippen LogP contribution in [0.5, 0.6) is 5.75 Å². The highest BCUT2D eigenvalue weighted by Gasteiger charge is 2.10. The fraction of sp³-hybridized carbons (Fsp3) is 0.200. The van der Waals surface area contributed by atoms with Crippen molar-refractivity contribution in [3.8, 4) is 5.75 Å². The van der Waals surface area contributed by atoms with E-state index in [2.05, 4.69) is 0 Å². The molecule has 2 rings (SSSR count). The molecule has 98 valence electrons. The number of nitro groups is 1. The van der Waals surface area contributed by atoms with E-state index in [0.29, 0.717) is 6.42 Å². The van der Waals surface area contributed by atoms with Crippen molar-refractivity contribution in [3.63, 3.8) is 0 Å². The molecule has 0 spiro atoms. The van der Waals surface area contributed by atoms with Gasteiger partial charge in [0.05, 0.1) is 12.0 Å². The zero-order valence-corrected chi connectivity index (χ0v) is 10.9. The first kappa shape index (κ1) is 13.1. The molecule has 19 heavy (non-hydrogen) atoms. The highest BCUT2D eigenvalue weighted by molar-refractivity contribution is 5.95. The zero-order valence-electron chi connectivity index (χ0n) is 10.9. The van der Waals surface area contributed by atoms with Crippen LogP contribution in [0.25, 0.3) is 16.8 Å². The third-order valence-corrected chi connectivity index (χ3v) is 3.06. The lowest BCUT2D eigenvalue weighted by Gasteiger charge is -2.07. The van der Waals surface area contributed by atoms with E-state index in [1.807, 2.05) is 36.4 Å². The quantitative estimate of drug-likeness (QED) is 0.617. The Morgan fingerprint density at radius 1 is 1.26 bits per heavy atom. The fourth-order valence-electron chi connectivity index (χ4n) is 2.06. The van der Waals surface area contributed by atoms with E-state index >= 15 is 0 Å². The van der Waals surface area contributed by atoms with Crippen LogP contribution in [0.3, 0.4) is 0 Å². The summed E-state index contributed by atoms with van der Waals surface area (Å²) in [5, 5.41) is 12.8. The second-order valence-electron chi connectivity index (χ2n) is 4.15. The predicted molar refractivity (Wildman–Crippen MR) is 75.8 cm³/mol. The van der Waals surface area contributed by atoms with Gasteiger partial charge in [-0.25, -0.2) is 0 Å². The van der Waals surface area contributed by atoms with Crippen LogP contribution in [0.1, 0.15) is 18.9 Å². The minimum atomic E-state index is -0.334. The lowest BCUT2D eigenvalue weighted by molar-refractivity contribution is -0.425.